The molecule has 2 aliphatic heterocycles. The molecular formula is C30H39BrN4O7. The number of aliphatic carboxylic acids is 1. The molecule has 4 rings (SSSR count). The predicted molar refractivity (Wildman–Crippen MR) is 164 cm³/mol. The van der Waals surface area contributed by atoms with Crippen LogP contribution in [-0.2, 0) is 16.8 Å². The number of carbonyl (C=O) groups is 3. The molecule has 0 radical (unpaired) electrons. The van der Waals surface area contributed by atoms with E-state index in [1.165, 1.54) is 7.05 Å². The number of nitrogens with zero attached hydrogens (tertiary/aromatic N) is 2. The standard InChI is InChI=1S/C30H38N4O7.BrH/c1-6-40-25-11-18-13-34(28(31)20(18)12-21(25)29(39)32-5)15-24(36)17-9-22(30(2,3)4)27(41-16-26(37)38)23(10-17)33-8-7-19(35)14-33;/h9-12,19,31,35H,6-8,13-16H2,1-5H3,(H,32,39)(H,37,38);1H. The number of benzene rings is 2. The molecule has 42 heavy (non-hydrogen) atoms. The number of aliphatic hydroxyl groups is 1. The van der Waals surface area contributed by atoms with Gasteiger partial charge in [-0.15, -0.1) is 17.0 Å². The fourth-order valence-electron chi connectivity index (χ4n) is 5.23. The number of ketones is 1. The third-order valence-corrected chi connectivity index (χ3v) is 7.29. The molecule has 4 N–H and O–H groups in total. The van der Waals surface area contributed by atoms with Gasteiger partial charge in [-0.1, -0.05) is 20.8 Å². The van der Waals surface area contributed by atoms with Gasteiger partial charge in [0.15, 0.2) is 12.4 Å². The van der Waals surface area contributed by atoms with Gasteiger partial charge in [-0.3, -0.25) is 15.0 Å². The normalized spacial score (nSPS) is 16.1. The predicted octanol–water partition coefficient (Wildman–Crippen LogP) is 3.38. The van der Waals surface area contributed by atoms with Gasteiger partial charge in [-0.05, 0) is 48.6 Å². The molecule has 0 saturated carbocycles. The molecule has 12 heteroatoms. The number of carboxylic acid groups (broad SMARTS) is 1. The molecule has 2 aromatic carbocycles. The summed E-state index contributed by atoms with van der Waals surface area (Å²) < 4.78 is 11.5. The van der Waals surface area contributed by atoms with Crippen molar-refractivity contribution in [3.8, 4) is 11.5 Å². The smallest absolute Gasteiger partial charge is 0.341 e. The molecule has 2 heterocycles. The highest BCUT2D eigenvalue weighted by molar-refractivity contribution is 8.93. The van der Waals surface area contributed by atoms with E-state index in [0.717, 1.165) is 5.56 Å². The average Bonchev–Trinajstić information content (AvgIpc) is 3.48. The lowest BCUT2D eigenvalue weighted by molar-refractivity contribution is -0.139. The number of carbonyl (C=O) groups excluding carboxylic acids is 2. The number of amidine groups is 1. The van der Waals surface area contributed by atoms with Crippen LogP contribution in [-0.4, -0.2) is 84.6 Å². The minimum atomic E-state index is -1.11. The van der Waals surface area contributed by atoms with Crippen molar-refractivity contribution in [2.75, 3.05) is 44.8 Å². The van der Waals surface area contributed by atoms with Crippen molar-refractivity contribution in [3.05, 3.63) is 52.1 Å². The SMILES string of the molecule is Br.CCOc1cc2c(cc1C(=O)NC)C(=N)N(CC(=O)c1cc(N3CCC(O)C3)c(OCC(=O)O)c(C(C)(C)C)c1)C2. The molecule has 1 amide bonds. The lowest BCUT2D eigenvalue weighted by Crippen LogP contribution is -2.31. The molecule has 2 aromatic rings. The maximum atomic E-state index is 13.7. The van der Waals surface area contributed by atoms with Crippen molar-refractivity contribution >= 4 is 46.2 Å². The Hall–Kier alpha value is -3.64. The summed E-state index contributed by atoms with van der Waals surface area (Å²) in [4.78, 5) is 41.1. The van der Waals surface area contributed by atoms with E-state index in [0.29, 0.717) is 72.1 Å². The Labute approximate surface area is 256 Å². The van der Waals surface area contributed by atoms with E-state index in [1.807, 2.05) is 32.6 Å². The summed E-state index contributed by atoms with van der Waals surface area (Å²) in [5.41, 5.74) is 2.85. The second-order valence-corrected chi connectivity index (χ2v) is 11.3. The Balaban J connectivity index is 0.00000484. The van der Waals surface area contributed by atoms with E-state index < -0.39 is 24.1 Å². The summed E-state index contributed by atoms with van der Waals surface area (Å²) in [6.45, 7) is 8.65. The minimum Gasteiger partial charge on any atom is -0.493 e. The molecule has 1 atom stereocenters. The fourth-order valence-corrected chi connectivity index (χ4v) is 5.23. The molecular weight excluding hydrogens is 608 g/mol. The molecule has 2 aliphatic rings. The number of carboxylic acids is 1. The Morgan fingerprint density at radius 2 is 1.86 bits per heavy atom. The van der Waals surface area contributed by atoms with Crippen LogP contribution in [0.2, 0.25) is 0 Å². The first-order valence-corrected chi connectivity index (χ1v) is 13.7. The van der Waals surface area contributed by atoms with Crippen LogP contribution in [0.4, 0.5) is 5.69 Å². The number of amides is 1. The Bertz CT molecular complexity index is 1390. The molecule has 1 unspecified atom stereocenters. The molecule has 11 nitrogen and oxygen atoms in total. The summed E-state index contributed by atoms with van der Waals surface area (Å²) in [6, 6.07) is 6.82. The highest BCUT2D eigenvalue weighted by Gasteiger charge is 2.32. The third kappa shape index (κ3) is 6.87. The summed E-state index contributed by atoms with van der Waals surface area (Å²) in [7, 11) is 1.53. The van der Waals surface area contributed by atoms with Gasteiger partial charge in [0.05, 0.1) is 30.5 Å². The molecule has 1 fully saturated rings. The third-order valence-electron chi connectivity index (χ3n) is 7.29. The maximum Gasteiger partial charge on any atom is 0.341 e. The van der Waals surface area contributed by atoms with Gasteiger partial charge >= 0.3 is 5.97 Å². The number of β-amino-alcohol motifs (C(OH)–C–C–N with tert-alkyl or cyclic N) is 1. The number of nitrogens with one attached hydrogen (secondary N) is 2. The molecule has 0 bridgehead atoms. The van der Waals surface area contributed by atoms with E-state index in [4.69, 9.17) is 14.9 Å². The second kappa shape index (κ2) is 13.1. The zero-order valence-corrected chi connectivity index (χ0v) is 26.3. The van der Waals surface area contributed by atoms with Gasteiger partial charge in [-0.2, -0.15) is 0 Å². The quantitative estimate of drug-likeness (QED) is 0.285. The topological polar surface area (TPSA) is 152 Å². The summed E-state index contributed by atoms with van der Waals surface area (Å²) in [5, 5.41) is 30.9. The number of aliphatic hydroxyl groups excluding tert-OH is 1. The van der Waals surface area contributed by atoms with Crippen molar-refractivity contribution in [2.24, 2.45) is 0 Å². The van der Waals surface area contributed by atoms with Crippen LogP contribution in [0, 0.1) is 5.41 Å². The van der Waals surface area contributed by atoms with E-state index in [-0.39, 0.29) is 41.1 Å². The second-order valence-electron chi connectivity index (χ2n) is 11.3. The maximum absolute atomic E-state index is 13.7. The van der Waals surface area contributed by atoms with Crippen molar-refractivity contribution in [3.63, 3.8) is 0 Å². The summed E-state index contributed by atoms with van der Waals surface area (Å²) in [5.74, 6) is -0.709. The number of rotatable bonds is 10. The first-order valence-electron chi connectivity index (χ1n) is 13.7. The van der Waals surface area contributed by atoms with Gasteiger partial charge < -0.3 is 34.8 Å². The molecule has 228 valence electrons. The fraction of sp³-hybridized carbons (Fsp3) is 0.467. The van der Waals surface area contributed by atoms with Crippen molar-refractivity contribution in [1.82, 2.24) is 10.2 Å². The lowest BCUT2D eigenvalue weighted by atomic mass is 9.84. The van der Waals surface area contributed by atoms with Crippen LogP contribution in [0.25, 0.3) is 0 Å². The number of Topliss-reactive ketones (excluding diaryl/α,β-unsaturated/α-hetero) is 1. The van der Waals surface area contributed by atoms with E-state index in [2.05, 4.69) is 5.32 Å². The largest absolute Gasteiger partial charge is 0.493 e. The number of anilines is 1. The Morgan fingerprint density at radius 1 is 1.14 bits per heavy atom. The van der Waals surface area contributed by atoms with E-state index >= 15 is 0 Å². The van der Waals surface area contributed by atoms with Crippen molar-refractivity contribution in [1.29, 1.82) is 5.41 Å². The molecule has 0 aliphatic carbocycles. The zero-order chi connectivity index (χ0) is 30.1. The average molecular weight is 648 g/mol. The van der Waals surface area contributed by atoms with Crippen LogP contribution >= 0.6 is 17.0 Å². The first kappa shape index (κ1) is 32.9. The number of hydrogen-bond acceptors (Lipinski definition) is 8. The number of fused-ring (bicyclic) bond motifs is 1. The minimum absolute atomic E-state index is 0. The number of hydrogen-bond donors (Lipinski definition) is 4. The van der Waals surface area contributed by atoms with Crippen LogP contribution in [0.3, 0.4) is 0 Å². The number of ether oxygens (including phenoxy) is 2. The highest BCUT2D eigenvalue weighted by Crippen LogP contribution is 2.42. The summed E-state index contributed by atoms with van der Waals surface area (Å²) in [6.07, 6.45) is 0.0106. The van der Waals surface area contributed by atoms with Gasteiger partial charge in [-0.25, -0.2) is 4.79 Å². The first-order chi connectivity index (χ1) is 19.3. The molecule has 0 aromatic heterocycles. The monoisotopic (exact) mass is 646 g/mol. The number of halogens is 1. The van der Waals surface area contributed by atoms with E-state index in [9.17, 15) is 24.6 Å². The van der Waals surface area contributed by atoms with Crippen LogP contribution in [0.15, 0.2) is 24.3 Å². The van der Waals surface area contributed by atoms with Gasteiger partial charge in [0.2, 0.25) is 0 Å². The summed E-state index contributed by atoms with van der Waals surface area (Å²) >= 11 is 0. The van der Waals surface area contributed by atoms with Crippen molar-refractivity contribution < 1.29 is 34.1 Å². The molecule has 0 spiro atoms. The Morgan fingerprint density at radius 3 is 2.43 bits per heavy atom. The van der Waals surface area contributed by atoms with Crippen LogP contribution < -0.4 is 19.7 Å². The highest BCUT2D eigenvalue weighted by atomic mass is 79.9. The van der Waals surface area contributed by atoms with Crippen molar-refractivity contribution in [2.45, 2.75) is 52.2 Å². The zero-order valence-electron chi connectivity index (χ0n) is 24.6. The van der Waals surface area contributed by atoms with E-state index in [1.54, 1.807) is 29.2 Å². The Kier molecular flexibility index (Phi) is 10.3. The molecule has 1 saturated heterocycles. The lowest BCUT2D eigenvalue weighted by Gasteiger charge is -2.29. The van der Waals surface area contributed by atoms with Gasteiger partial charge in [0, 0.05) is 43.4 Å². The van der Waals surface area contributed by atoms with Crippen LogP contribution in [0.5, 0.6) is 11.5 Å². The van der Waals surface area contributed by atoms with Gasteiger partial charge in [0.25, 0.3) is 5.91 Å². The van der Waals surface area contributed by atoms with Crippen LogP contribution in [0.1, 0.15) is 71.5 Å². The van der Waals surface area contributed by atoms with Gasteiger partial charge in [0.1, 0.15) is 17.3 Å².